The fourth-order valence-corrected chi connectivity index (χ4v) is 2.98. The van der Waals surface area contributed by atoms with Crippen molar-refractivity contribution >= 4 is 0 Å². The van der Waals surface area contributed by atoms with E-state index in [1.165, 1.54) is 16.3 Å². The van der Waals surface area contributed by atoms with Crippen LogP contribution in [0.5, 0.6) is 5.75 Å². The number of hydrogen-bond acceptors (Lipinski definition) is 4. The molecular weight excluding hydrogens is 352 g/mol. The summed E-state index contributed by atoms with van der Waals surface area (Å²) in [6, 6.07) is 19.2. The van der Waals surface area contributed by atoms with Gasteiger partial charge < -0.3 is 4.74 Å². The van der Waals surface area contributed by atoms with Gasteiger partial charge in [-0.05, 0) is 44.2 Å². The smallest absolute Gasteiger partial charge is 0.274 e. The zero-order chi connectivity index (χ0) is 19.7. The van der Waals surface area contributed by atoms with Crippen molar-refractivity contribution < 1.29 is 4.74 Å². The van der Waals surface area contributed by atoms with Crippen LogP contribution in [0.2, 0.25) is 0 Å². The highest BCUT2D eigenvalue weighted by Crippen LogP contribution is 2.26. The Balaban J connectivity index is 1.90. The van der Waals surface area contributed by atoms with E-state index in [4.69, 9.17) is 4.74 Å². The standard InChI is InChI=1S/C22H20N4O2/c1-14-4-6-16(7-5-14)19-13-20(17-8-10-18(28-3)11-9-17)24-22(23-19)26-21(27)12-15(2)25-26/h4-13,25H,1-3H3. The summed E-state index contributed by atoms with van der Waals surface area (Å²) < 4.78 is 6.60. The number of aryl methyl sites for hydroxylation is 2. The molecule has 0 spiro atoms. The highest BCUT2D eigenvalue weighted by atomic mass is 16.5. The van der Waals surface area contributed by atoms with E-state index in [1.54, 1.807) is 7.11 Å². The van der Waals surface area contributed by atoms with Gasteiger partial charge in [0.05, 0.1) is 18.5 Å². The molecule has 0 aliphatic rings. The van der Waals surface area contributed by atoms with Crippen LogP contribution in [0.1, 0.15) is 11.3 Å². The second-order valence-corrected chi connectivity index (χ2v) is 6.65. The molecule has 2 heterocycles. The van der Waals surface area contributed by atoms with Crippen LogP contribution in [0, 0.1) is 13.8 Å². The molecule has 6 heteroatoms. The van der Waals surface area contributed by atoms with Gasteiger partial charge in [0, 0.05) is 22.9 Å². The normalized spacial score (nSPS) is 10.8. The van der Waals surface area contributed by atoms with Crippen LogP contribution in [-0.4, -0.2) is 26.9 Å². The van der Waals surface area contributed by atoms with Gasteiger partial charge in [-0.15, -0.1) is 0 Å². The number of rotatable bonds is 4. The number of hydrogen-bond donors (Lipinski definition) is 1. The lowest BCUT2D eigenvalue weighted by atomic mass is 10.1. The molecule has 0 aliphatic carbocycles. The van der Waals surface area contributed by atoms with Crippen LogP contribution in [0.25, 0.3) is 28.5 Å². The molecule has 2 aromatic heterocycles. The molecule has 0 saturated carbocycles. The first-order valence-corrected chi connectivity index (χ1v) is 8.93. The van der Waals surface area contributed by atoms with Crippen molar-refractivity contribution in [3.8, 4) is 34.2 Å². The minimum absolute atomic E-state index is 0.195. The third-order valence-corrected chi connectivity index (χ3v) is 4.50. The molecule has 1 N–H and O–H groups in total. The maximum absolute atomic E-state index is 12.3. The van der Waals surface area contributed by atoms with Gasteiger partial charge in [0.15, 0.2) is 0 Å². The van der Waals surface area contributed by atoms with Crippen molar-refractivity contribution in [1.82, 2.24) is 19.7 Å². The van der Waals surface area contributed by atoms with E-state index in [2.05, 4.69) is 15.1 Å². The van der Waals surface area contributed by atoms with Gasteiger partial charge in [-0.25, -0.2) is 9.97 Å². The molecule has 0 bridgehead atoms. The highest BCUT2D eigenvalue weighted by molar-refractivity contribution is 5.69. The van der Waals surface area contributed by atoms with E-state index in [1.807, 2.05) is 68.4 Å². The minimum Gasteiger partial charge on any atom is -0.497 e. The third kappa shape index (κ3) is 3.44. The van der Waals surface area contributed by atoms with Crippen molar-refractivity contribution in [3.63, 3.8) is 0 Å². The first-order valence-electron chi connectivity index (χ1n) is 8.93. The predicted molar refractivity (Wildman–Crippen MR) is 109 cm³/mol. The first kappa shape index (κ1) is 17.7. The molecule has 0 radical (unpaired) electrons. The highest BCUT2D eigenvalue weighted by Gasteiger charge is 2.12. The lowest BCUT2D eigenvalue weighted by Crippen LogP contribution is -2.17. The lowest BCUT2D eigenvalue weighted by molar-refractivity contribution is 0.415. The fraction of sp³-hybridized carbons (Fsp3) is 0.136. The van der Waals surface area contributed by atoms with Crippen molar-refractivity contribution in [1.29, 1.82) is 0 Å². The Bertz CT molecular complexity index is 1170. The molecule has 0 saturated heterocycles. The fourth-order valence-electron chi connectivity index (χ4n) is 2.98. The maximum Gasteiger partial charge on any atom is 0.274 e. The van der Waals surface area contributed by atoms with Gasteiger partial charge in [-0.1, -0.05) is 29.8 Å². The summed E-state index contributed by atoms with van der Waals surface area (Å²) in [6.45, 7) is 3.87. The van der Waals surface area contributed by atoms with E-state index in [9.17, 15) is 4.79 Å². The van der Waals surface area contributed by atoms with Crippen LogP contribution in [0.15, 0.2) is 65.5 Å². The summed E-state index contributed by atoms with van der Waals surface area (Å²) in [4.78, 5) is 21.6. The Kier molecular flexibility index (Phi) is 4.53. The predicted octanol–water partition coefficient (Wildman–Crippen LogP) is 3.92. The number of nitrogens with one attached hydrogen (secondary N) is 1. The molecule has 0 atom stereocenters. The van der Waals surface area contributed by atoms with Crippen LogP contribution >= 0.6 is 0 Å². The van der Waals surface area contributed by atoms with E-state index in [0.717, 1.165) is 34.0 Å². The summed E-state index contributed by atoms with van der Waals surface area (Å²) >= 11 is 0. The SMILES string of the molecule is COc1ccc(-c2cc(-c3ccc(C)cc3)nc(-n3[nH]c(C)cc3=O)n2)cc1. The minimum atomic E-state index is -0.195. The molecule has 28 heavy (non-hydrogen) atoms. The zero-order valence-electron chi connectivity index (χ0n) is 15.9. The Hall–Kier alpha value is -3.67. The Labute approximate surface area is 162 Å². The van der Waals surface area contributed by atoms with Crippen LogP contribution in [0.3, 0.4) is 0 Å². The van der Waals surface area contributed by atoms with E-state index >= 15 is 0 Å². The molecule has 4 rings (SSSR count). The Morgan fingerprint density at radius 1 is 0.857 bits per heavy atom. The van der Waals surface area contributed by atoms with Crippen molar-refractivity contribution in [2.24, 2.45) is 0 Å². The topological polar surface area (TPSA) is 72.8 Å². The summed E-state index contributed by atoms with van der Waals surface area (Å²) in [5, 5.41) is 3.00. The van der Waals surface area contributed by atoms with Crippen molar-refractivity contribution in [2.75, 3.05) is 7.11 Å². The number of H-pyrrole nitrogens is 1. The molecule has 0 amide bonds. The monoisotopic (exact) mass is 372 g/mol. The van der Waals surface area contributed by atoms with E-state index in [-0.39, 0.29) is 5.56 Å². The van der Waals surface area contributed by atoms with E-state index < -0.39 is 0 Å². The van der Waals surface area contributed by atoms with Gasteiger partial charge in [0.1, 0.15) is 5.75 Å². The quantitative estimate of drug-likeness (QED) is 0.589. The van der Waals surface area contributed by atoms with Gasteiger partial charge in [0.2, 0.25) is 0 Å². The number of aromatic amines is 1. The average Bonchev–Trinajstić information content (AvgIpc) is 3.06. The van der Waals surface area contributed by atoms with Gasteiger partial charge in [-0.2, -0.15) is 4.68 Å². The molecule has 0 fully saturated rings. The molecule has 140 valence electrons. The van der Waals surface area contributed by atoms with Gasteiger partial charge >= 0.3 is 0 Å². The van der Waals surface area contributed by atoms with Gasteiger partial charge in [0.25, 0.3) is 11.5 Å². The first-order chi connectivity index (χ1) is 13.5. The zero-order valence-corrected chi connectivity index (χ0v) is 15.9. The van der Waals surface area contributed by atoms with E-state index in [0.29, 0.717) is 5.95 Å². The van der Waals surface area contributed by atoms with Gasteiger partial charge in [-0.3, -0.25) is 9.89 Å². The molecule has 0 aliphatic heterocycles. The van der Waals surface area contributed by atoms with Crippen LogP contribution in [0.4, 0.5) is 0 Å². The third-order valence-electron chi connectivity index (χ3n) is 4.50. The molecule has 2 aromatic carbocycles. The molecule has 0 unspecified atom stereocenters. The maximum atomic E-state index is 12.3. The number of aromatic nitrogens is 4. The van der Waals surface area contributed by atoms with Crippen molar-refractivity contribution in [2.45, 2.75) is 13.8 Å². The second kappa shape index (κ2) is 7.15. The second-order valence-electron chi connectivity index (χ2n) is 6.65. The Morgan fingerprint density at radius 2 is 1.43 bits per heavy atom. The van der Waals surface area contributed by atoms with Crippen LogP contribution < -0.4 is 10.3 Å². The Morgan fingerprint density at radius 3 is 1.93 bits per heavy atom. The van der Waals surface area contributed by atoms with Crippen LogP contribution in [-0.2, 0) is 0 Å². The molecular formula is C22H20N4O2. The number of ether oxygens (including phenoxy) is 1. The summed E-state index contributed by atoms with van der Waals surface area (Å²) in [7, 11) is 1.63. The largest absolute Gasteiger partial charge is 0.497 e. The average molecular weight is 372 g/mol. The summed E-state index contributed by atoms with van der Waals surface area (Å²) in [5.41, 5.74) is 5.07. The number of nitrogens with zero attached hydrogens (tertiary/aromatic N) is 3. The van der Waals surface area contributed by atoms with Crippen molar-refractivity contribution in [3.05, 3.63) is 82.3 Å². The lowest BCUT2D eigenvalue weighted by Gasteiger charge is -2.10. The summed E-state index contributed by atoms with van der Waals surface area (Å²) in [6.07, 6.45) is 0. The molecule has 4 aromatic rings. The number of methoxy groups -OCH3 is 1. The molecule has 6 nitrogen and oxygen atoms in total. The number of benzene rings is 2. The summed E-state index contributed by atoms with van der Waals surface area (Å²) in [5.74, 6) is 1.08.